The van der Waals surface area contributed by atoms with E-state index in [2.05, 4.69) is 0 Å². The number of amides is 2. The van der Waals surface area contributed by atoms with Crippen LogP contribution in [0.1, 0.15) is 11.1 Å². The molecule has 0 bridgehead atoms. The van der Waals surface area contributed by atoms with Gasteiger partial charge < -0.3 is 14.4 Å². The third-order valence-electron chi connectivity index (χ3n) is 6.05. The fraction of sp³-hybridized carbons (Fsp3) is 0.200. The average Bonchev–Trinajstić information content (AvgIpc) is 3.12. The van der Waals surface area contributed by atoms with Gasteiger partial charge in [0.25, 0.3) is 0 Å². The molecule has 2 aliphatic rings. The van der Waals surface area contributed by atoms with Crippen LogP contribution >= 0.6 is 0 Å². The number of fused-ring (bicyclic) bond motifs is 1. The van der Waals surface area contributed by atoms with Crippen molar-refractivity contribution in [2.75, 3.05) is 19.6 Å². The lowest BCUT2D eigenvalue weighted by molar-refractivity contribution is 0.0452. The number of hydrogen-bond acceptors (Lipinski definition) is 4. The van der Waals surface area contributed by atoms with Gasteiger partial charge in [-0.05, 0) is 36.4 Å². The molecule has 6 nitrogen and oxygen atoms in total. The molecule has 2 fully saturated rings. The van der Waals surface area contributed by atoms with Gasteiger partial charge in [-0.2, -0.15) is 0 Å². The van der Waals surface area contributed by atoms with E-state index >= 15 is 0 Å². The Kier molecular flexibility index (Phi) is 5.20. The summed E-state index contributed by atoms with van der Waals surface area (Å²) in [6.07, 6.45) is -1.18. The van der Waals surface area contributed by atoms with Gasteiger partial charge in [0.05, 0.1) is 0 Å². The molecule has 3 aromatic rings. The van der Waals surface area contributed by atoms with E-state index in [9.17, 15) is 18.4 Å². The van der Waals surface area contributed by atoms with Gasteiger partial charge in [-0.15, -0.1) is 0 Å². The third kappa shape index (κ3) is 3.67. The number of piperazine rings is 1. The molecule has 1 unspecified atom stereocenters. The number of carbonyl (C=O) groups is 2. The summed E-state index contributed by atoms with van der Waals surface area (Å²) in [5, 5.41) is 0. The quantitative estimate of drug-likeness (QED) is 0.588. The molecule has 0 N–H and O–H groups in total. The predicted octanol–water partition coefficient (Wildman–Crippen LogP) is 4.54. The van der Waals surface area contributed by atoms with Crippen molar-refractivity contribution in [3.8, 4) is 5.75 Å². The molecule has 0 saturated carbocycles. The molecule has 5 rings (SSSR count). The largest absolute Gasteiger partial charge is 0.431 e. The van der Waals surface area contributed by atoms with Crippen molar-refractivity contribution in [3.05, 3.63) is 102 Å². The van der Waals surface area contributed by atoms with Crippen LogP contribution in [0, 0.1) is 11.6 Å². The van der Waals surface area contributed by atoms with Crippen molar-refractivity contribution in [1.29, 1.82) is 0 Å². The van der Waals surface area contributed by atoms with Gasteiger partial charge in [-0.1, -0.05) is 42.5 Å². The van der Waals surface area contributed by atoms with Crippen molar-refractivity contribution in [2.45, 2.75) is 11.6 Å². The highest BCUT2D eigenvalue weighted by atomic mass is 19.1. The summed E-state index contributed by atoms with van der Waals surface area (Å²) in [5.41, 5.74) is -0.799. The van der Waals surface area contributed by atoms with E-state index in [4.69, 9.17) is 9.47 Å². The van der Waals surface area contributed by atoms with Gasteiger partial charge in [0, 0.05) is 30.8 Å². The van der Waals surface area contributed by atoms with Gasteiger partial charge in [0.2, 0.25) is 0 Å². The molecule has 3 aromatic carbocycles. The lowest BCUT2D eigenvalue weighted by Crippen LogP contribution is -2.58. The number of cyclic esters (lactones) is 1. The van der Waals surface area contributed by atoms with Crippen LogP contribution in [-0.2, 0) is 10.3 Å². The van der Waals surface area contributed by atoms with Crippen LogP contribution in [0.4, 0.5) is 18.4 Å². The molecule has 8 heteroatoms. The number of rotatable bonds is 3. The first kappa shape index (κ1) is 20.9. The Bertz CT molecular complexity index is 1160. The van der Waals surface area contributed by atoms with Crippen LogP contribution in [0.3, 0.4) is 0 Å². The maximum absolute atomic E-state index is 14.2. The highest BCUT2D eigenvalue weighted by Gasteiger charge is 2.58. The Morgan fingerprint density at radius 2 is 1.55 bits per heavy atom. The second-order valence-corrected chi connectivity index (χ2v) is 7.96. The number of hydrogen-bond donors (Lipinski definition) is 0. The summed E-state index contributed by atoms with van der Waals surface area (Å²) in [7, 11) is 0. The highest BCUT2D eigenvalue weighted by Crippen LogP contribution is 2.46. The SMILES string of the molecule is O=C(Oc1ccccc1)N1CCN2C(=O)OC(c3cccc(F)c3)(c3cccc(F)c3)C2C1. The summed E-state index contributed by atoms with van der Waals surface area (Å²) in [5.74, 6) is -0.645. The number of nitrogens with zero attached hydrogens (tertiary/aromatic N) is 2. The number of halogens is 2. The van der Waals surface area contributed by atoms with Gasteiger partial charge in [0.1, 0.15) is 23.4 Å². The van der Waals surface area contributed by atoms with Crippen LogP contribution in [0.15, 0.2) is 78.9 Å². The Balaban J connectivity index is 1.55. The maximum Gasteiger partial charge on any atom is 0.415 e. The Hall–Kier alpha value is -3.94. The molecule has 168 valence electrons. The minimum atomic E-state index is -1.51. The molecule has 2 saturated heterocycles. The molecule has 0 aliphatic carbocycles. The lowest BCUT2D eigenvalue weighted by atomic mass is 9.79. The van der Waals surface area contributed by atoms with Gasteiger partial charge >= 0.3 is 12.2 Å². The van der Waals surface area contributed by atoms with E-state index in [1.165, 1.54) is 46.2 Å². The van der Waals surface area contributed by atoms with Crippen molar-refractivity contribution >= 4 is 12.2 Å². The minimum Gasteiger partial charge on any atom is -0.431 e. The maximum atomic E-state index is 14.2. The van der Waals surface area contributed by atoms with Crippen molar-refractivity contribution < 1.29 is 27.8 Å². The van der Waals surface area contributed by atoms with E-state index in [-0.39, 0.29) is 19.6 Å². The van der Waals surface area contributed by atoms with E-state index in [0.717, 1.165) is 0 Å². The molecule has 2 heterocycles. The Labute approximate surface area is 188 Å². The predicted molar refractivity (Wildman–Crippen MR) is 115 cm³/mol. The number of benzene rings is 3. The van der Waals surface area contributed by atoms with Crippen LogP contribution in [-0.4, -0.2) is 47.7 Å². The summed E-state index contributed by atoms with van der Waals surface area (Å²) in [6, 6.07) is 19.3. The third-order valence-corrected chi connectivity index (χ3v) is 6.05. The van der Waals surface area contributed by atoms with Crippen LogP contribution in [0.25, 0.3) is 0 Å². The fourth-order valence-electron chi connectivity index (χ4n) is 4.54. The molecular weight excluding hydrogens is 430 g/mol. The second kappa shape index (κ2) is 8.20. The van der Waals surface area contributed by atoms with Crippen LogP contribution in [0.2, 0.25) is 0 Å². The van der Waals surface area contributed by atoms with Crippen molar-refractivity contribution in [2.24, 2.45) is 0 Å². The van der Waals surface area contributed by atoms with Crippen LogP contribution in [0.5, 0.6) is 5.75 Å². The smallest absolute Gasteiger partial charge is 0.415 e. The standard InChI is InChI=1S/C25H20F2N2O4/c26-19-8-4-6-17(14-19)25(18-7-5-9-20(27)15-18)22-16-28(12-13-29(22)24(31)33-25)23(30)32-21-10-2-1-3-11-21/h1-11,14-15,22H,12-13,16H2. The first-order chi connectivity index (χ1) is 16.0. The molecule has 2 amide bonds. The highest BCUT2D eigenvalue weighted by molar-refractivity contribution is 5.76. The minimum absolute atomic E-state index is 0.0600. The van der Waals surface area contributed by atoms with E-state index < -0.39 is 35.5 Å². The zero-order valence-electron chi connectivity index (χ0n) is 17.5. The molecule has 0 aromatic heterocycles. The molecular formula is C25H20F2N2O4. The first-order valence-corrected chi connectivity index (χ1v) is 10.5. The van der Waals surface area contributed by atoms with Crippen molar-refractivity contribution in [3.63, 3.8) is 0 Å². The van der Waals surface area contributed by atoms with Crippen molar-refractivity contribution in [1.82, 2.24) is 9.80 Å². The molecule has 0 radical (unpaired) electrons. The van der Waals surface area contributed by atoms with Crippen LogP contribution < -0.4 is 4.74 Å². The number of ether oxygens (including phenoxy) is 2. The summed E-state index contributed by atoms with van der Waals surface area (Å²) >= 11 is 0. The topological polar surface area (TPSA) is 59.1 Å². The summed E-state index contributed by atoms with van der Waals surface area (Å²) < 4.78 is 39.9. The van der Waals surface area contributed by atoms with E-state index in [0.29, 0.717) is 16.9 Å². The number of para-hydroxylation sites is 1. The fourth-order valence-corrected chi connectivity index (χ4v) is 4.54. The molecule has 0 spiro atoms. The Morgan fingerprint density at radius 3 is 2.15 bits per heavy atom. The lowest BCUT2D eigenvalue weighted by Gasteiger charge is -2.41. The zero-order valence-corrected chi connectivity index (χ0v) is 17.5. The normalized spacial score (nSPS) is 19.1. The van der Waals surface area contributed by atoms with Gasteiger partial charge in [0.15, 0.2) is 5.60 Å². The number of carbonyl (C=O) groups excluding carboxylic acids is 2. The summed E-state index contributed by atoms with van der Waals surface area (Å²) in [4.78, 5) is 28.7. The Morgan fingerprint density at radius 1 is 0.909 bits per heavy atom. The van der Waals surface area contributed by atoms with E-state index in [1.807, 2.05) is 6.07 Å². The van der Waals surface area contributed by atoms with Gasteiger partial charge in [-0.25, -0.2) is 18.4 Å². The van der Waals surface area contributed by atoms with E-state index in [1.54, 1.807) is 36.4 Å². The average molecular weight is 450 g/mol. The molecule has 33 heavy (non-hydrogen) atoms. The first-order valence-electron chi connectivity index (χ1n) is 10.5. The molecule has 2 aliphatic heterocycles. The second-order valence-electron chi connectivity index (χ2n) is 7.96. The van der Waals surface area contributed by atoms with Gasteiger partial charge in [-0.3, -0.25) is 4.90 Å². The molecule has 1 atom stereocenters. The zero-order chi connectivity index (χ0) is 23.0. The summed E-state index contributed by atoms with van der Waals surface area (Å²) in [6.45, 7) is 0.490. The monoisotopic (exact) mass is 450 g/mol.